The summed E-state index contributed by atoms with van der Waals surface area (Å²) in [6.07, 6.45) is 0. The monoisotopic (exact) mass is 240 g/mol. The molecule has 0 aliphatic heterocycles. The minimum absolute atomic E-state index is 0.785. The molecule has 2 heteroatoms. The van der Waals surface area contributed by atoms with E-state index >= 15 is 0 Å². The molecule has 0 aliphatic rings. The molecule has 0 unspecified atom stereocenters. The van der Waals surface area contributed by atoms with Gasteiger partial charge >= 0.3 is 0 Å². The Balaban J connectivity index is 2.91. The minimum atomic E-state index is 0.785. The maximum atomic E-state index is 6.08. The molecule has 0 aromatic heterocycles. The van der Waals surface area contributed by atoms with E-state index in [4.69, 9.17) is 11.6 Å². The Kier molecular flexibility index (Phi) is 2.07. The third-order valence-corrected chi connectivity index (χ3v) is 3.11. The predicted molar refractivity (Wildman–Crippen MR) is 56.7 cm³/mol. The number of rotatable bonds is 0. The normalized spacial score (nSPS) is 10.5. The molecule has 2 aromatic carbocycles. The number of halogens is 2. The highest BCUT2D eigenvalue weighted by Crippen LogP contribution is 2.30. The molecule has 0 saturated heterocycles. The van der Waals surface area contributed by atoms with E-state index < -0.39 is 0 Å². The zero-order valence-electron chi connectivity index (χ0n) is 6.22. The van der Waals surface area contributed by atoms with Crippen LogP contribution in [0, 0.1) is 0 Å². The summed E-state index contributed by atoms with van der Waals surface area (Å²) in [6.45, 7) is 0. The standard InChI is InChI=1S/C10H6BrCl/c11-9-6-5-7-3-1-2-4-8(7)10(9)12/h1-6H. The zero-order valence-corrected chi connectivity index (χ0v) is 8.56. The van der Waals surface area contributed by atoms with E-state index in [1.54, 1.807) is 0 Å². The summed E-state index contributed by atoms with van der Waals surface area (Å²) in [5.41, 5.74) is 0. The van der Waals surface area contributed by atoms with Crippen LogP contribution in [-0.2, 0) is 0 Å². The topological polar surface area (TPSA) is 0 Å². The molecule has 0 atom stereocenters. The van der Waals surface area contributed by atoms with Crippen LogP contribution in [0.25, 0.3) is 10.8 Å². The Morgan fingerprint density at radius 3 is 2.58 bits per heavy atom. The lowest BCUT2D eigenvalue weighted by Gasteiger charge is -2.00. The van der Waals surface area contributed by atoms with Crippen LogP contribution < -0.4 is 0 Å². The summed E-state index contributed by atoms with van der Waals surface area (Å²) in [6, 6.07) is 12.1. The Hall–Kier alpha value is -0.530. The molecule has 0 spiro atoms. The summed E-state index contributed by atoms with van der Waals surface area (Å²) in [5.74, 6) is 0. The van der Waals surface area contributed by atoms with Crippen molar-refractivity contribution in [1.29, 1.82) is 0 Å². The van der Waals surface area contributed by atoms with Gasteiger partial charge in [-0.05, 0) is 27.4 Å². The largest absolute Gasteiger partial charge is 0.0824 e. The van der Waals surface area contributed by atoms with E-state index in [0.717, 1.165) is 14.9 Å². The van der Waals surface area contributed by atoms with Gasteiger partial charge in [0.1, 0.15) is 0 Å². The molecule has 0 aliphatic carbocycles. The fourth-order valence-corrected chi connectivity index (χ4v) is 1.79. The highest BCUT2D eigenvalue weighted by atomic mass is 79.9. The van der Waals surface area contributed by atoms with E-state index in [0.29, 0.717) is 0 Å². The number of hydrogen-bond acceptors (Lipinski definition) is 0. The molecule has 2 rings (SSSR count). The van der Waals surface area contributed by atoms with Crippen molar-refractivity contribution in [2.45, 2.75) is 0 Å². The zero-order chi connectivity index (χ0) is 8.55. The number of fused-ring (bicyclic) bond motifs is 1. The van der Waals surface area contributed by atoms with Crippen LogP contribution >= 0.6 is 27.5 Å². The molecule has 0 heterocycles. The van der Waals surface area contributed by atoms with Gasteiger partial charge in [0, 0.05) is 9.86 Å². The van der Waals surface area contributed by atoms with E-state index in [9.17, 15) is 0 Å². The highest BCUT2D eigenvalue weighted by Gasteiger charge is 2.00. The average molecular weight is 242 g/mol. The summed E-state index contributed by atoms with van der Waals surface area (Å²) in [7, 11) is 0. The first-order chi connectivity index (χ1) is 5.79. The van der Waals surface area contributed by atoms with Gasteiger partial charge in [-0.2, -0.15) is 0 Å². The summed E-state index contributed by atoms with van der Waals surface area (Å²) in [5, 5.41) is 3.05. The fraction of sp³-hybridized carbons (Fsp3) is 0. The predicted octanol–water partition coefficient (Wildman–Crippen LogP) is 4.26. The first-order valence-electron chi connectivity index (χ1n) is 3.62. The van der Waals surface area contributed by atoms with Crippen LogP contribution in [-0.4, -0.2) is 0 Å². The Morgan fingerprint density at radius 1 is 1.00 bits per heavy atom. The summed E-state index contributed by atoms with van der Waals surface area (Å²) >= 11 is 9.46. The van der Waals surface area contributed by atoms with E-state index in [2.05, 4.69) is 15.9 Å². The third kappa shape index (κ3) is 1.23. The Labute approximate surface area is 84.3 Å². The number of benzene rings is 2. The van der Waals surface area contributed by atoms with Crippen molar-refractivity contribution in [1.82, 2.24) is 0 Å². The SMILES string of the molecule is Clc1c(Br)ccc2ccccc12. The molecule has 0 fully saturated rings. The minimum Gasteiger partial charge on any atom is -0.0824 e. The highest BCUT2D eigenvalue weighted by molar-refractivity contribution is 9.10. The molecule has 0 nitrogen and oxygen atoms in total. The van der Waals surface area contributed by atoms with Gasteiger partial charge in [0.2, 0.25) is 0 Å². The van der Waals surface area contributed by atoms with Gasteiger partial charge < -0.3 is 0 Å². The van der Waals surface area contributed by atoms with Crippen LogP contribution in [0.15, 0.2) is 40.9 Å². The fourth-order valence-electron chi connectivity index (χ4n) is 1.21. The maximum Gasteiger partial charge on any atom is 0.0626 e. The first kappa shape index (κ1) is 8.09. The first-order valence-corrected chi connectivity index (χ1v) is 4.79. The van der Waals surface area contributed by atoms with Crippen LogP contribution in [0.1, 0.15) is 0 Å². The lowest BCUT2D eigenvalue weighted by atomic mass is 10.1. The number of hydrogen-bond donors (Lipinski definition) is 0. The van der Waals surface area contributed by atoms with Gasteiger partial charge in [-0.25, -0.2) is 0 Å². The van der Waals surface area contributed by atoms with Crippen molar-refractivity contribution in [2.24, 2.45) is 0 Å². The molecular formula is C10H6BrCl. The van der Waals surface area contributed by atoms with Gasteiger partial charge in [0.15, 0.2) is 0 Å². The lowest BCUT2D eigenvalue weighted by molar-refractivity contribution is 1.70. The van der Waals surface area contributed by atoms with Crippen molar-refractivity contribution in [3.63, 3.8) is 0 Å². The summed E-state index contributed by atoms with van der Waals surface area (Å²) in [4.78, 5) is 0. The molecule has 2 aromatic rings. The molecule has 12 heavy (non-hydrogen) atoms. The smallest absolute Gasteiger partial charge is 0.0626 e. The lowest BCUT2D eigenvalue weighted by Crippen LogP contribution is -1.74. The molecule has 0 N–H and O–H groups in total. The summed E-state index contributed by atoms with van der Waals surface area (Å²) < 4.78 is 0.947. The Morgan fingerprint density at radius 2 is 1.75 bits per heavy atom. The van der Waals surface area contributed by atoms with Crippen LogP contribution in [0.4, 0.5) is 0 Å². The van der Waals surface area contributed by atoms with Gasteiger partial charge in [-0.15, -0.1) is 0 Å². The molecule has 0 radical (unpaired) electrons. The van der Waals surface area contributed by atoms with Crippen LogP contribution in [0.2, 0.25) is 5.02 Å². The van der Waals surface area contributed by atoms with Crippen LogP contribution in [0.5, 0.6) is 0 Å². The average Bonchev–Trinajstić information content (AvgIpc) is 2.12. The molecular weight excluding hydrogens is 235 g/mol. The molecule has 60 valence electrons. The van der Waals surface area contributed by atoms with Crippen molar-refractivity contribution in [3.05, 3.63) is 45.9 Å². The third-order valence-electron chi connectivity index (χ3n) is 1.82. The molecule has 0 amide bonds. The van der Waals surface area contributed by atoms with E-state index in [-0.39, 0.29) is 0 Å². The molecule has 0 saturated carbocycles. The van der Waals surface area contributed by atoms with Crippen molar-refractivity contribution < 1.29 is 0 Å². The van der Waals surface area contributed by atoms with Gasteiger partial charge in [0.05, 0.1) is 5.02 Å². The second-order valence-electron chi connectivity index (χ2n) is 2.58. The van der Waals surface area contributed by atoms with Crippen molar-refractivity contribution >= 4 is 38.3 Å². The van der Waals surface area contributed by atoms with Gasteiger partial charge in [0.25, 0.3) is 0 Å². The van der Waals surface area contributed by atoms with Crippen LogP contribution in [0.3, 0.4) is 0 Å². The second kappa shape index (κ2) is 3.08. The van der Waals surface area contributed by atoms with Crippen molar-refractivity contribution in [2.75, 3.05) is 0 Å². The van der Waals surface area contributed by atoms with E-state index in [1.807, 2.05) is 36.4 Å². The quantitative estimate of drug-likeness (QED) is 0.647. The second-order valence-corrected chi connectivity index (χ2v) is 3.81. The molecule has 0 bridgehead atoms. The maximum absolute atomic E-state index is 6.08. The van der Waals surface area contributed by atoms with Gasteiger partial charge in [-0.3, -0.25) is 0 Å². The van der Waals surface area contributed by atoms with E-state index in [1.165, 1.54) is 5.39 Å². The Bertz CT molecular complexity index is 423. The van der Waals surface area contributed by atoms with Crippen molar-refractivity contribution in [3.8, 4) is 0 Å². The van der Waals surface area contributed by atoms with Gasteiger partial charge in [-0.1, -0.05) is 41.9 Å².